The summed E-state index contributed by atoms with van der Waals surface area (Å²) in [5.41, 5.74) is 4.04. The third-order valence-corrected chi connectivity index (χ3v) is 3.43. The molecule has 1 atom stereocenters. The molecule has 92 valence electrons. The fourth-order valence-electron chi connectivity index (χ4n) is 2.52. The Bertz CT molecular complexity index is 392. The van der Waals surface area contributed by atoms with E-state index in [9.17, 15) is 5.11 Å². The quantitative estimate of drug-likeness (QED) is 0.833. The molecule has 1 heteroatoms. The van der Waals surface area contributed by atoms with Crippen molar-refractivity contribution in [2.24, 2.45) is 0 Å². The minimum Gasteiger partial charge on any atom is -0.389 e. The van der Waals surface area contributed by atoms with E-state index in [-0.39, 0.29) is 6.10 Å². The molecule has 1 aliphatic rings. The van der Waals surface area contributed by atoms with Gasteiger partial charge in [0.2, 0.25) is 0 Å². The lowest BCUT2D eigenvalue weighted by molar-refractivity contribution is 0.211. The Labute approximate surface area is 104 Å². The smallest absolute Gasteiger partial charge is 0.0726 e. The second-order valence-corrected chi connectivity index (χ2v) is 4.96. The Morgan fingerprint density at radius 2 is 2.18 bits per heavy atom. The van der Waals surface area contributed by atoms with Crippen LogP contribution in [0.1, 0.15) is 50.2 Å². The van der Waals surface area contributed by atoms with E-state index in [0.29, 0.717) is 0 Å². The first-order chi connectivity index (χ1) is 8.29. The zero-order valence-electron chi connectivity index (χ0n) is 10.7. The summed E-state index contributed by atoms with van der Waals surface area (Å²) in [6, 6.07) is 8.79. The number of rotatable bonds is 3. The van der Waals surface area contributed by atoms with Crippen molar-refractivity contribution in [2.45, 2.75) is 51.6 Å². The van der Waals surface area contributed by atoms with Crippen molar-refractivity contribution in [1.29, 1.82) is 0 Å². The molecule has 0 radical (unpaired) electrons. The lowest BCUT2D eigenvalue weighted by Gasteiger charge is -2.08. The third kappa shape index (κ3) is 3.44. The van der Waals surface area contributed by atoms with Crippen LogP contribution in [0.5, 0.6) is 0 Å². The number of aryl methyl sites for hydroxylation is 1. The van der Waals surface area contributed by atoms with E-state index in [2.05, 4.69) is 37.3 Å². The first kappa shape index (κ1) is 12.4. The summed E-state index contributed by atoms with van der Waals surface area (Å²) in [5, 5.41) is 9.82. The van der Waals surface area contributed by atoms with Crippen molar-refractivity contribution in [3.63, 3.8) is 0 Å². The highest BCUT2D eigenvalue weighted by atomic mass is 16.3. The Balaban J connectivity index is 2.22. The topological polar surface area (TPSA) is 20.2 Å². The molecule has 17 heavy (non-hydrogen) atoms. The lowest BCUT2D eigenvalue weighted by Crippen LogP contribution is -2.00. The molecule has 1 aliphatic carbocycles. The van der Waals surface area contributed by atoms with Gasteiger partial charge in [-0.05, 0) is 42.4 Å². The highest BCUT2D eigenvalue weighted by Crippen LogP contribution is 2.26. The molecule has 0 spiro atoms. The lowest BCUT2D eigenvalue weighted by atomic mass is 9.98. The van der Waals surface area contributed by atoms with Crippen LogP contribution in [0.15, 0.2) is 30.3 Å². The predicted octanol–water partition coefficient (Wildman–Crippen LogP) is 3.96. The molecule has 0 aliphatic heterocycles. The first-order valence-electron chi connectivity index (χ1n) is 6.77. The van der Waals surface area contributed by atoms with Gasteiger partial charge in [0, 0.05) is 0 Å². The highest BCUT2D eigenvalue weighted by molar-refractivity contribution is 5.66. The van der Waals surface area contributed by atoms with Gasteiger partial charge in [-0.25, -0.2) is 0 Å². The molecule has 0 saturated carbocycles. The molecule has 2 rings (SSSR count). The third-order valence-electron chi connectivity index (χ3n) is 3.43. The van der Waals surface area contributed by atoms with Gasteiger partial charge >= 0.3 is 0 Å². The standard InChI is InChI=1S/C16H22O/c1-2-6-13-7-5-9-14(11-13)15-8-3-4-10-16(17)12-15/h5,7,9,11-12,16-17H,2-4,6,8,10H2,1H3. The Hall–Kier alpha value is -1.08. The number of allylic oxidation sites excluding steroid dienone is 1. The van der Waals surface area contributed by atoms with Crippen LogP contribution < -0.4 is 0 Å². The van der Waals surface area contributed by atoms with Gasteiger partial charge in [-0.3, -0.25) is 0 Å². The maximum absolute atomic E-state index is 9.82. The van der Waals surface area contributed by atoms with Gasteiger partial charge < -0.3 is 5.11 Å². The van der Waals surface area contributed by atoms with Gasteiger partial charge in [-0.2, -0.15) is 0 Å². The van der Waals surface area contributed by atoms with E-state index in [4.69, 9.17) is 0 Å². The maximum Gasteiger partial charge on any atom is 0.0726 e. The number of aliphatic hydroxyl groups excluding tert-OH is 1. The number of hydrogen-bond donors (Lipinski definition) is 1. The van der Waals surface area contributed by atoms with Crippen LogP contribution in [0.4, 0.5) is 0 Å². The van der Waals surface area contributed by atoms with E-state index < -0.39 is 0 Å². The van der Waals surface area contributed by atoms with Crippen LogP contribution >= 0.6 is 0 Å². The molecular weight excluding hydrogens is 208 g/mol. The van der Waals surface area contributed by atoms with Crippen molar-refractivity contribution >= 4 is 5.57 Å². The minimum absolute atomic E-state index is 0.248. The van der Waals surface area contributed by atoms with Crippen LogP contribution in [0.2, 0.25) is 0 Å². The largest absolute Gasteiger partial charge is 0.389 e. The van der Waals surface area contributed by atoms with Crippen LogP contribution in [0.25, 0.3) is 5.57 Å². The van der Waals surface area contributed by atoms with E-state index in [1.165, 1.54) is 29.5 Å². The van der Waals surface area contributed by atoms with Gasteiger partial charge in [0.05, 0.1) is 6.10 Å². The van der Waals surface area contributed by atoms with E-state index in [0.717, 1.165) is 25.7 Å². The predicted molar refractivity (Wildman–Crippen MR) is 72.9 cm³/mol. The molecule has 0 bridgehead atoms. The summed E-state index contributed by atoms with van der Waals surface area (Å²) in [4.78, 5) is 0. The fraction of sp³-hybridized carbons (Fsp3) is 0.500. The molecule has 1 aromatic carbocycles. The maximum atomic E-state index is 9.82. The molecule has 1 nitrogen and oxygen atoms in total. The van der Waals surface area contributed by atoms with Crippen molar-refractivity contribution in [3.05, 3.63) is 41.5 Å². The van der Waals surface area contributed by atoms with Gasteiger partial charge in [-0.15, -0.1) is 0 Å². The zero-order valence-corrected chi connectivity index (χ0v) is 10.7. The normalized spacial score (nSPS) is 20.8. The minimum atomic E-state index is -0.248. The highest BCUT2D eigenvalue weighted by Gasteiger charge is 2.10. The second kappa shape index (κ2) is 6.02. The molecular formula is C16H22O. The van der Waals surface area contributed by atoms with Gasteiger partial charge in [-0.1, -0.05) is 50.1 Å². The second-order valence-electron chi connectivity index (χ2n) is 4.96. The molecule has 0 aromatic heterocycles. The summed E-state index contributed by atoms with van der Waals surface area (Å²) in [6.07, 6.45) is 8.48. The number of benzene rings is 1. The van der Waals surface area contributed by atoms with Gasteiger partial charge in [0.15, 0.2) is 0 Å². The van der Waals surface area contributed by atoms with Crippen molar-refractivity contribution in [3.8, 4) is 0 Å². The summed E-state index contributed by atoms with van der Waals surface area (Å²) in [5.74, 6) is 0. The Kier molecular flexibility index (Phi) is 4.38. The molecule has 1 aromatic rings. The molecule has 0 saturated heterocycles. The molecule has 0 heterocycles. The van der Waals surface area contributed by atoms with Crippen LogP contribution in [-0.4, -0.2) is 11.2 Å². The number of hydrogen-bond acceptors (Lipinski definition) is 1. The Morgan fingerprint density at radius 3 is 3.00 bits per heavy atom. The number of aliphatic hydroxyl groups is 1. The Morgan fingerprint density at radius 1 is 1.29 bits per heavy atom. The van der Waals surface area contributed by atoms with Crippen LogP contribution in [0.3, 0.4) is 0 Å². The van der Waals surface area contributed by atoms with Gasteiger partial charge in [0.25, 0.3) is 0 Å². The van der Waals surface area contributed by atoms with Crippen molar-refractivity contribution in [2.75, 3.05) is 0 Å². The summed E-state index contributed by atoms with van der Waals surface area (Å²) in [6.45, 7) is 2.21. The summed E-state index contributed by atoms with van der Waals surface area (Å²) >= 11 is 0. The van der Waals surface area contributed by atoms with Crippen LogP contribution in [-0.2, 0) is 6.42 Å². The molecule has 0 amide bonds. The zero-order chi connectivity index (χ0) is 12.1. The van der Waals surface area contributed by atoms with Crippen LogP contribution in [0, 0.1) is 0 Å². The summed E-state index contributed by atoms with van der Waals surface area (Å²) < 4.78 is 0. The first-order valence-corrected chi connectivity index (χ1v) is 6.77. The average Bonchev–Trinajstić information content (AvgIpc) is 2.55. The van der Waals surface area contributed by atoms with E-state index in [1.807, 2.05) is 0 Å². The van der Waals surface area contributed by atoms with Crippen molar-refractivity contribution < 1.29 is 5.11 Å². The summed E-state index contributed by atoms with van der Waals surface area (Å²) in [7, 11) is 0. The van der Waals surface area contributed by atoms with Crippen molar-refractivity contribution in [1.82, 2.24) is 0 Å². The monoisotopic (exact) mass is 230 g/mol. The molecule has 0 fully saturated rings. The van der Waals surface area contributed by atoms with E-state index in [1.54, 1.807) is 0 Å². The SMILES string of the molecule is CCCc1cccc(C2=CC(O)CCCC2)c1. The molecule has 1 unspecified atom stereocenters. The fourth-order valence-corrected chi connectivity index (χ4v) is 2.52. The van der Waals surface area contributed by atoms with Gasteiger partial charge in [0.1, 0.15) is 0 Å². The van der Waals surface area contributed by atoms with E-state index >= 15 is 0 Å². The molecule has 1 N–H and O–H groups in total. The average molecular weight is 230 g/mol.